The summed E-state index contributed by atoms with van der Waals surface area (Å²) in [5.74, 6) is 1.53. The van der Waals surface area contributed by atoms with Crippen molar-refractivity contribution in [1.82, 2.24) is 44.1 Å². The molecule has 0 fully saturated rings. The highest BCUT2D eigenvalue weighted by atomic mass is 19.1. The number of aryl methyl sites for hydroxylation is 2. The van der Waals surface area contributed by atoms with Gasteiger partial charge in [0.25, 0.3) is 0 Å². The summed E-state index contributed by atoms with van der Waals surface area (Å²) in [7, 11) is 3.66. The summed E-state index contributed by atoms with van der Waals surface area (Å²) < 4.78 is 19.1. The maximum absolute atomic E-state index is 13.9. The molecule has 0 spiro atoms. The van der Waals surface area contributed by atoms with Gasteiger partial charge in [-0.3, -0.25) is 13.8 Å². The predicted molar refractivity (Wildman–Crippen MR) is 128 cm³/mol. The number of hydrogen-bond donors (Lipinski definition) is 1. The number of anilines is 2. The second kappa shape index (κ2) is 8.13. The van der Waals surface area contributed by atoms with E-state index in [2.05, 4.69) is 35.7 Å². The van der Waals surface area contributed by atoms with Gasteiger partial charge < -0.3 is 5.32 Å². The highest BCUT2D eigenvalue weighted by Gasteiger charge is 2.18. The van der Waals surface area contributed by atoms with Crippen LogP contribution in [-0.2, 0) is 14.1 Å². The maximum Gasteiger partial charge on any atom is 0.228 e. The maximum atomic E-state index is 13.9. The van der Waals surface area contributed by atoms with Crippen molar-refractivity contribution in [3.63, 3.8) is 0 Å². The molecule has 0 aliphatic carbocycles. The number of fused-ring (bicyclic) bond motifs is 1. The molecule has 0 amide bonds. The van der Waals surface area contributed by atoms with Gasteiger partial charge in [0, 0.05) is 49.9 Å². The third-order valence-electron chi connectivity index (χ3n) is 5.59. The normalized spacial score (nSPS) is 11.3. The second-order valence-corrected chi connectivity index (χ2v) is 7.97. The van der Waals surface area contributed by atoms with Gasteiger partial charge in [-0.05, 0) is 30.3 Å². The Hall–Kier alpha value is -4.93. The van der Waals surface area contributed by atoms with Crippen molar-refractivity contribution in [2.24, 2.45) is 14.1 Å². The number of pyridine rings is 1. The van der Waals surface area contributed by atoms with E-state index in [1.807, 2.05) is 61.2 Å². The molecule has 6 rings (SSSR count). The standard InChI is InChI=1S/C24H19FN10/c1-33-14-18(22(32-33)16-4-3-5-17(25)12-16)23-31-30-21-13-15(8-11-35(21)23)19-6-9-26-24(28-19)29-20-7-10-27-34(20)2/h3-14H,1-2H3,(H,26,28,29). The topological polar surface area (TPSA) is 104 Å². The van der Waals surface area contributed by atoms with Crippen molar-refractivity contribution in [2.75, 3.05) is 5.32 Å². The van der Waals surface area contributed by atoms with E-state index in [4.69, 9.17) is 0 Å². The van der Waals surface area contributed by atoms with Crippen LogP contribution in [0.1, 0.15) is 0 Å². The van der Waals surface area contributed by atoms with Crippen molar-refractivity contribution in [3.8, 4) is 33.9 Å². The molecule has 0 bridgehead atoms. The molecule has 6 aromatic rings. The van der Waals surface area contributed by atoms with Gasteiger partial charge >= 0.3 is 0 Å². The van der Waals surface area contributed by atoms with Gasteiger partial charge in [-0.2, -0.15) is 10.2 Å². The van der Waals surface area contributed by atoms with E-state index in [1.165, 1.54) is 12.1 Å². The first-order valence-electron chi connectivity index (χ1n) is 10.8. The SMILES string of the molecule is Cn1cc(-c2nnc3cc(-c4ccnc(Nc5ccnn5C)n4)ccn23)c(-c2cccc(F)c2)n1. The minimum absolute atomic E-state index is 0.322. The number of halogens is 1. The summed E-state index contributed by atoms with van der Waals surface area (Å²) in [5, 5.41) is 20.6. The van der Waals surface area contributed by atoms with Crippen molar-refractivity contribution < 1.29 is 4.39 Å². The third kappa shape index (κ3) is 3.78. The van der Waals surface area contributed by atoms with Gasteiger partial charge in [-0.25, -0.2) is 14.4 Å². The van der Waals surface area contributed by atoms with Gasteiger partial charge in [0.1, 0.15) is 17.3 Å². The minimum atomic E-state index is -0.322. The van der Waals surface area contributed by atoms with Crippen LogP contribution in [0, 0.1) is 5.82 Å². The largest absolute Gasteiger partial charge is 0.309 e. The lowest BCUT2D eigenvalue weighted by molar-refractivity contribution is 0.628. The Morgan fingerprint density at radius 2 is 1.86 bits per heavy atom. The van der Waals surface area contributed by atoms with Gasteiger partial charge in [-0.15, -0.1) is 10.2 Å². The molecule has 0 atom stereocenters. The van der Waals surface area contributed by atoms with Crippen LogP contribution in [0.25, 0.3) is 39.5 Å². The molecule has 0 aliphatic rings. The monoisotopic (exact) mass is 466 g/mol. The first-order chi connectivity index (χ1) is 17.0. The Bertz CT molecular complexity index is 1680. The summed E-state index contributed by atoms with van der Waals surface area (Å²) in [6, 6.07) is 13.9. The third-order valence-corrected chi connectivity index (χ3v) is 5.59. The molecule has 1 aromatic carbocycles. The summed E-state index contributed by atoms with van der Waals surface area (Å²) >= 11 is 0. The van der Waals surface area contributed by atoms with E-state index >= 15 is 0 Å². The van der Waals surface area contributed by atoms with E-state index in [0.717, 1.165) is 22.6 Å². The zero-order chi connectivity index (χ0) is 23.9. The van der Waals surface area contributed by atoms with E-state index in [9.17, 15) is 4.39 Å². The average Bonchev–Trinajstić information content (AvgIpc) is 3.57. The quantitative estimate of drug-likeness (QED) is 0.411. The molecule has 0 radical (unpaired) electrons. The Morgan fingerprint density at radius 3 is 2.69 bits per heavy atom. The lowest BCUT2D eigenvalue weighted by Crippen LogP contribution is -2.03. The van der Waals surface area contributed by atoms with E-state index < -0.39 is 0 Å². The molecule has 11 heteroatoms. The molecule has 5 aromatic heterocycles. The molecule has 0 saturated carbocycles. The molecule has 0 aliphatic heterocycles. The number of benzene rings is 1. The van der Waals surface area contributed by atoms with Crippen molar-refractivity contribution in [1.29, 1.82) is 0 Å². The van der Waals surface area contributed by atoms with Crippen LogP contribution >= 0.6 is 0 Å². The average molecular weight is 466 g/mol. The van der Waals surface area contributed by atoms with E-state index in [0.29, 0.717) is 28.7 Å². The zero-order valence-electron chi connectivity index (χ0n) is 18.8. The molecule has 1 N–H and O–H groups in total. The van der Waals surface area contributed by atoms with Crippen LogP contribution < -0.4 is 5.32 Å². The lowest BCUT2D eigenvalue weighted by Gasteiger charge is -2.07. The summed E-state index contributed by atoms with van der Waals surface area (Å²) in [6.45, 7) is 0. The Balaban J connectivity index is 1.37. The number of aromatic nitrogens is 9. The van der Waals surface area contributed by atoms with E-state index in [-0.39, 0.29) is 5.82 Å². The molecule has 0 saturated heterocycles. The van der Waals surface area contributed by atoms with Crippen LogP contribution in [0.2, 0.25) is 0 Å². The molecule has 5 heterocycles. The molecule has 0 unspecified atom stereocenters. The minimum Gasteiger partial charge on any atom is -0.309 e. The number of nitrogens with zero attached hydrogens (tertiary/aromatic N) is 9. The van der Waals surface area contributed by atoms with Crippen molar-refractivity contribution in [2.45, 2.75) is 0 Å². The summed E-state index contributed by atoms with van der Waals surface area (Å²) in [5.41, 5.74) is 4.30. The van der Waals surface area contributed by atoms with Crippen LogP contribution in [0.3, 0.4) is 0 Å². The first kappa shape index (κ1) is 20.7. The van der Waals surface area contributed by atoms with Crippen molar-refractivity contribution >= 4 is 17.4 Å². The fraction of sp³-hybridized carbons (Fsp3) is 0.0833. The first-order valence-corrected chi connectivity index (χ1v) is 10.8. The molecular weight excluding hydrogens is 447 g/mol. The smallest absolute Gasteiger partial charge is 0.228 e. The van der Waals surface area contributed by atoms with Gasteiger partial charge in [0.2, 0.25) is 5.95 Å². The second-order valence-electron chi connectivity index (χ2n) is 7.97. The number of nitrogens with one attached hydrogen (secondary N) is 1. The summed E-state index contributed by atoms with van der Waals surface area (Å²) in [6.07, 6.45) is 7.14. The van der Waals surface area contributed by atoms with Gasteiger partial charge in [0.15, 0.2) is 11.5 Å². The van der Waals surface area contributed by atoms with Crippen molar-refractivity contribution in [3.05, 3.63) is 79.1 Å². The van der Waals surface area contributed by atoms with Gasteiger partial charge in [0.05, 0.1) is 17.5 Å². The fourth-order valence-corrected chi connectivity index (χ4v) is 3.93. The molecule has 10 nitrogen and oxygen atoms in total. The van der Waals surface area contributed by atoms with Crippen LogP contribution in [-0.4, -0.2) is 44.1 Å². The van der Waals surface area contributed by atoms with Crippen LogP contribution in [0.15, 0.2) is 73.3 Å². The summed E-state index contributed by atoms with van der Waals surface area (Å²) in [4.78, 5) is 8.93. The van der Waals surface area contributed by atoms with Crippen LogP contribution in [0.5, 0.6) is 0 Å². The number of hydrogen-bond acceptors (Lipinski definition) is 7. The molecular formula is C24H19FN10. The lowest BCUT2D eigenvalue weighted by atomic mass is 10.1. The van der Waals surface area contributed by atoms with Gasteiger partial charge in [-0.1, -0.05) is 12.1 Å². The van der Waals surface area contributed by atoms with Crippen LogP contribution in [0.4, 0.5) is 16.2 Å². The molecule has 172 valence electrons. The fourth-order valence-electron chi connectivity index (χ4n) is 3.93. The molecule has 35 heavy (non-hydrogen) atoms. The Labute approximate surface area is 198 Å². The Morgan fingerprint density at radius 1 is 0.943 bits per heavy atom. The zero-order valence-corrected chi connectivity index (χ0v) is 18.8. The van der Waals surface area contributed by atoms with E-state index in [1.54, 1.807) is 27.8 Å². The number of rotatable bonds is 5. The highest BCUT2D eigenvalue weighted by molar-refractivity contribution is 5.78. The highest BCUT2D eigenvalue weighted by Crippen LogP contribution is 2.31. The Kier molecular flexibility index (Phi) is 4.80. The predicted octanol–water partition coefficient (Wildman–Crippen LogP) is 3.87.